The number of carboxylic acids is 2. The van der Waals surface area contributed by atoms with Crippen LogP contribution in [0, 0.1) is 11.3 Å². The van der Waals surface area contributed by atoms with Crippen LogP contribution in [0.15, 0.2) is 30.3 Å². The largest absolute Gasteiger partial charge is 0.481 e. The summed E-state index contributed by atoms with van der Waals surface area (Å²) in [6, 6.07) is 1.54. The first kappa shape index (κ1) is 40.2. The Labute approximate surface area is 279 Å². The summed E-state index contributed by atoms with van der Waals surface area (Å²) in [5.74, 6) is -12.3. The molecule has 0 aliphatic carbocycles. The van der Waals surface area contributed by atoms with Crippen LogP contribution < -0.4 is 34.0 Å². The van der Waals surface area contributed by atoms with Crippen molar-refractivity contribution in [2.24, 2.45) is 40.0 Å². The quantitative estimate of drug-likeness (QED) is 0.0550. The number of hydrogen-bond donors (Lipinski definition) is 8. The zero-order chi connectivity index (χ0) is 36.4. The van der Waals surface area contributed by atoms with Crippen LogP contribution in [0.25, 0.3) is 0 Å². The van der Waals surface area contributed by atoms with Crippen molar-refractivity contribution in [2.75, 3.05) is 19.6 Å². The van der Waals surface area contributed by atoms with Gasteiger partial charge in [0.05, 0.1) is 37.1 Å². The summed E-state index contributed by atoms with van der Waals surface area (Å²) < 4.78 is 0. The number of aliphatic carboxylic acids is 2. The standard InChI is InChI=1S/C32H49N7O9/c1-18(2)31(24(40)17-34,26(43)21(36)16-25(41)42)32(30(47)48,27(44)23-12-8-14-38-23)39(28(45)20(35)11-6-7-13-33)29(46)22(37)15-19-9-4-3-5-10-19/h3-5,9-10,18,20-23,38H,6-8,11-17,33-37H2,1-2H3,(H,41,42)(H,47,48). The number of carboxylic acid groups (broad SMARTS) is 2. The Morgan fingerprint density at radius 2 is 1.52 bits per heavy atom. The van der Waals surface area contributed by atoms with E-state index in [4.69, 9.17) is 28.7 Å². The minimum atomic E-state index is -3.65. The predicted molar refractivity (Wildman–Crippen MR) is 174 cm³/mol. The summed E-state index contributed by atoms with van der Waals surface area (Å²) in [6.45, 7) is 1.87. The number of hydrogen-bond acceptors (Lipinski definition) is 13. The molecule has 0 radical (unpaired) electrons. The Bertz CT molecular complexity index is 1350. The number of nitrogens with zero attached hydrogens (tertiary/aromatic N) is 1. The first-order valence-corrected chi connectivity index (χ1v) is 16.0. The molecular formula is C32H49N7O9. The van der Waals surface area contributed by atoms with Crippen LogP contribution in [0.3, 0.4) is 0 Å². The zero-order valence-corrected chi connectivity index (χ0v) is 27.4. The predicted octanol–water partition coefficient (Wildman–Crippen LogP) is -1.95. The van der Waals surface area contributed by atoms with Gasteiger partial charge in [0.15, 0.2) is 17.3 Å². The number of nitrogens with one attached hydrogen (secondary N) is 1. The third-order valence-corrected chi connectivity index (χ3v) is 8.90. The fraction of sp³-hybridized carbons (Fsp3) is 0.594. The average Bonchev–Trinajstić information content (AvgIpc) is 3.58. The highest BCUT2D eigenvalue weighted by Crippen LogP contribution is 2.48. The number of amides is 2. The fourth-order valence-corrected chi connectivity index (χ4v) is 6.65. The van der Waals surface area contributed by atoms with Crippen LogP contribution in [-0.4, -0.2) is 106 Å². The van der Waals surface area contributed by atoms with E-state index in [2.05, 4.69) is 5.32 Å². The molecule has 16 nitrogen and oxygen atoms in total. The Morgan fingerprint density at radius 1 is 0.917 bits per heavy atom. The Morgan fingerprint density at radius 3 is 2.00 bits per heavy atom. The highest BCUT2D eigenvalue weighted by Gasteiger charge is 2.76. The van der Waals surface area contributed by atoms with Crippen LogP contribution in [0.5, 0.6) is 0 Å². The van der Waals surface area contributed by atoms with Crippen LogP contribution >= 0.6 is 0 Å². The summed E-state index contributed by atoms with van der Waals surface area (Å²) in [5, 5.41) is 23.7. The lowest BCUT2D eigenvalue weighted by atomic mass is 9.53. The van der Waals surface area contributed by atoms with Gasteiger partial charge in [-0.2, -0.15) is 0 Å². The molecule has 6 unspecified atom stereocenters. The second kappa shape index (κ2) is 17.5. The van der Waals surface area contributed by atoms with Crippen LogP contribution in [-0.2, 0) is 40.0 Å². The Balaban J connectivity index is 3.16. The summed E-state index contributed by atoms with van der Waals surface area (Å²) in [4.78, 5) is 98.8. The number of carbonyl (C=O) groups is 7. The number of Topliss-reactive ketones (excluding diaryl/α,β-unsaturated/α-hetero) is 3. The van der Waals surface area contributed by atoms with E-state index in [1.807, 2.05) is 0 Å². The molecular weight excluding hydrogens is 626 g/mol. The van der Waals surface area contributed by atoms with E-state index >= 15 is 0 Å². The van der Waals surface area contributed by atoms with E-state index in [0.29, 0.717) is 18.4 Å². The van der Waals surface area contributed by atoms with Gasteiger partial charge < -0.3 is 44.2 Å². The van der Waals surface area contributed by atoms with Crippen molar-refractivity contribution in [3.8, 4) is 0 Å². The van der Waals surface area contributed by atoms with Gasteiger partial charge >= 0.3 is 11.9 Å². The van der Waals surface area contributed by atoms with Gasteiger partial charge in [-0.1, -0.05) is 50.6 Å². The fourth-order valence-electron chi connectivity index (χ4n) is 6.65. The van der Waals surface area contributed by atoms with Gasteiger partial charge in [-0.15, -0.1) is 0 Å². The summed E-state index contributed by atoms with van der Waals surface area (Å²) in [7, 11) is 0. The molecule has 1 aromatic carbocycles. The average molecular weight is 676 g/mol. The van der Waals surface area contributed by atoms with Gasteiger partial charge in [-0.3, -0.25) is 33.7 Å². The molecule has 1 aliphatic rings. The molecule has 1 fully saturated rings. The highest BCUT2D eigenvalue weighted by molar-refractivity contribution is 6.28. The van der Waals surface area contributed by atoms with E-state index in [-0.39, 0.29) is 43.7 Å². The van der Waals surface area contributed by atoms with Crippen molar-refractivity contribution in [3.05, 3.63) is 35.9 Å². The molecule has 13 N–H and O–H groups in total. The van der Waals surface area contributed by atoms with Crippen LogP contribution in [0.1, 0.15) is 57.9 Å². The van der Waals surface area contributed by atoms with Crippen LogP contribution in [0.4, 0.5) is 0 Å². The molecule has 6 atom stereocenters. The first-order valence-electron chi connectivity index (χ1n) is 16.0. The lowest BCUT2D eigenvalue weighted by Crippen LogP contribution is -2.82. The number of unbranched alkanes of at least 4 members (excludes halogenated alkanes) is 1. The number of benzene rings is 1. The molecule has 1 saturated heterocycles. The molecule has 1 aliphatic heterocycles. The van der Waals surface area contributed by atoms with E-state index in [1.165, 1.54) is 13.8 Å². The topological polar surface area (TPSA) is 305 Å². The third-order valence-electron chi connectivity index (χ3n) is 8.90. The molecule has 48 heavy (non-hydrogen) atoms. The van der Waals surface area contributed by atoms with Crippen molar-refractivity contribution in [1.29, 1.82) is 0 Å². The number of nitrogens with two attached hydrogens (primary N) is 5. The molecule has 16 heteroatoms. The highest BCUT2D eigenvalue weighted by atomic mass is 16.4. The van der Waals surface area contributed by atoms with Crippen LogP contribution in [0.2, 0.25) is 0 Å². The maximum Gasteiger partial charge on any atom is 0.339 e. The zero-order valence-electron chi connectivity index (χ0n) is 27.4. The molecule has 0 saturated carbocycles. The van der Waals surface area contributed by atoms with Gasteiger partial charge in [0, 0.05) is 0 Å². The molecule has 0 bridgehead atoms. The molecule has 2 amide bonds. The SMILES string of the molecule is CC(C)C(C(=O)CN)(C(=O)C(N)CC(=O)O)C(C(=O)O)(C(=O)C1CCCN1)N(C(=O)C(N)CCCCN)C(=O)C(N)Cc1ccccc1. The van der Waals surface area contributed by atoms with Gasteiger partial charge in [0.1, 0.15) is 5.41 Å². The van der Waals surface area contributed by atoms with E-state index in [1.54, 1.807) is 30.3 Å². The maximum absolute atomic E-state index is 15.0. The molecule has 1 aromatic rings. The summed E-state index contributed by atoms with van der Waals surface area (Å²) in [5.41, 5.74) is 23.8. The number of ketones is 3. The Hall–Kier alpha value is -3.93. The molecule has 2 rings (SSSR count). The van der Waals surface area contributed by atoms with Crippen molar-refractivity contribution in [1.82, 2.24) is 10.2 Å². The van der Waals surface area contributed by atoms with E-state index in [0.717, 1.165) is 0 Å². The monoisotopic (exact) mass is 675 g/mol. The van der Waals surface area contributed by atoms with Gasteiger partial charge in [0.2, 0.25) is 17.4 Å². The second-order valence-electron chi connectivity index (χ2n) is 12.4. The number of rotatable bonds is 20. The van der Waals surface area contributed by atoms with Crippen molar-refractivity contribution in [3.63, 3.8) is 0 Å². The van der Waals surface area contributed by atoms with Crippen molar-refractivity contribution < 1.29 is 43.8 Å². The normalized spacial score (nSPS) is 19.0. The van der Waals surface area contributed by atoms with Gasteiger partial charge in [-0.05, 0) is 56.7 Å². The summed E-state index contributed by atoms with van der Waals surface area (Å²) in [6.07, 6.45) is -0.393. The lowest BCUT2D eigenvalue weighted by molar-refractivity contribution is -0.190. The molecule has 266 valence electrons. The molecule has 0 spiro atoms. The first-order chi connectivity index (χ1) is 22.6. The summed E-state index contributed by atoms with van der Waals surface area (Å²) >= 11 is 0. The minimum absolute atomic E-state index is 0.0169. The van der Waals surface area contributed by atoms with Crippen molar-refractivity contribution in [2.45, 2.75) is 88.5 Å². The Kier molecular flexibility index (Phi) is 14.6. The van der Waals surface area contributed by atoms with E-state index in [9.17, 15) is 43.8 Å². The second-order valence-corrected chi connectivity index (χ2v) is 12.4. The third kappa shape index (κ3) is 7.85. The van der Waals surface area contributed by atoms with Crippen molar-refractivity contribution >= 4 is 41.1 Å². The van der Waals surface area contributed by atoms with E-state index < -0.39 is 95.1 Å². The number of imide groups is 1. The molecule has 1 heterocycles. The number of carbonyl (C=O) groups excluding carboxylic acids is 5. The maximum atomic E-state index is 15.0. The molecule has 0 aromatic heterocycles. The minimum Gasteiger partial charge on any atom is -0.481 e. The lowest BCUT2D eigenvalue weighted by Gasteiger charge is -2.53. The smallest absolute Gasteiger partial charge is 0.339 e. The van der Waals surface area contributed by atoms with Gasteiger partial charge in [-0.25, -0.2) is 4.79 Å². The van der Waals surface area contributed by atoms with Gasteiger partial charge in [0.25, 0.3) is 0 Å².